The molecule has 0 aromatic heterocycles. The van der Waals surface area contributed by atoms with Crippen LogP contribution >= 0.6 is 0 Å². The summed E-state index contributed by atoms with van der Waals surface area (Å²) in [7, 11) is 1.76. The maximum atomic E-state index is 12.4. The quantitative estimate of drug-likeness (QED) is 0.917. The second-order valence-electron chi connectivity index (χ2n) is 5.21. The third kappa shape index (κ3) is 3.50. The first kappa shape index (κ1) is 14.4. The van der Waals surface area contributed by atoms with Crippen LogP contribution in [0.1, 0.15) is 24.8 Å². The molecule has 1 heterocycles. The van der Waals surface area contributed by atoms with E-state index in [-0.39, 0.29) is 18.5 Å². The Morgan fingerprint density at radius 2 is 2.05 bits per heavy atom. The molecular formula is C15H20N2O3. The molecule has 2 rings (SSSR count). The number of hydrogen-bond acceptors (Lipinski definition) is 2. The van der Waals surface area contributed by atoms with Crippen LogP contribution in [0.15, 0.2) is 30.3 Å². The number of aliphatic carboxylic acids is 1. The summed E-state index contributed by atoms with van der Waals surface area (Å²) in [6.07, 6.45) is 1.69. The average Bonchev–Trinajstić information content (AvgIpc) is 2.86. The van der Waals surface area contributed by atoms with Gasteiger partial charge in [-0.15, -0.1) is 0 Å². The molecule has 0 aliphatic carbocycles. The second-order valence-corrected chi connectivity index (χ2v) is 5.21. The van der Waals surface area contributed by atoms with Crippen LogP contribution in [0.4, 0.5) is 4.79 Å². The fourth-order valence-corrected chi connectivity index (χ4v) is 2.65. The molecule has 0 bridgehead atoms. The van der Waals surface area contributed by atoms with E-state index in [4.69, 9.17) is 5.11 Å². The van der Waals surface area contributed by atoms with Crippen LogP contribution in [-0.2, 0) is 11.3 Å². The van der Waals surface area contributed by atoms with Gasteiger partial charge in [0.05, 0.1) is 6.42 Å². The van der Waals surface area contributed by atoms with E-state index in [1.807, 2.05) is 30.3 Å². The van der Waals surface area contributed by atoms with E-state index in [1.54, 1.807) is 16.8 Å². The first-order chi connectivity index (χ1) is 9.58. The fraction of sp³-hybridized carbons (Fsp3) is 0.467. The predicted molar refractivity (Wildman–Crippen MR) is 75.3 cm³/mol. The summed E-state index contributed by atoms with van der Waals surface area (Å²) < 4.78 is 0. The number of hydrogen-bond donors (Lipinski definition) is 1. The third-order valence-corrected chi connectivity index (χ3v) is 3.62. The standard InChI is InChI=1S/C15H20N2O3/c1-16(11-12-6-3-2-4-7-12)15(20)17-9-5-8-13(17)10-14(18)19/h2-4,6-7,13H,5,8-11H2,1H3,(H,18,19). The Morgan fingerprint density at radius 1 is 1.35 bits per heavy atom. The highest BCUT2D eigenvalue weighted by Gasteiger charge is 2.31. The Kier molecular flexibility index (Phi) is 4.61. The van der Waals surface area contributed by atoms with E-state index >= 15 is 0 Å². The zero-order valence-corrected chi connectivity index (χ0v) is 11.7. The molecule has 1 unspecified atom stereocenters. The number of likely N-dealkylation sites (tertiary alicyclic amines) is 1. The van der Waals surface area contributed by atoms with Gasteiger partial charge in [-0.3, -0.25) is 4.79 Å². The molecule has 5 nitrogen and oxygen atoms in total. The molecule has 20 heavy (non-hydrogen) atoms. The monoisotopic (exact) mass is 276 g/mol. The number of amides is 2. The van der Waals surface area contributed by atoms with Crippen molar-refractivity contribution in [3.05, 3.63) is 35.9 Å². The number of nitrogens with zero attached hydrogens (tertiary/aromatic N) is 2. The molecule has 0 spiro atoms. The van der Waals surface area contributed by atoms with E-state index in [9.17, 15) is 9.59 Å². The van der Waals surface area contributed by atoms with Gasteiger partial charge in [-0.1, -0.05) is 30.3 Å². The summed E-state index contributed by atoms with van der Waals surface area (Å²) in [4.78, 5) is 26.6. The smallest absolute Gasteiger partial charge is 0.320 e. The lowest BCUT2D eigenvalue weighted by atomic mass is 10.1. The van der Waals surface area contributed by atoms with E-state index in [0.717, 1.165) is 18.4 Å². The Labute approximate surface area is 118 Å². The van der Waals surface area contributed by atoms with Crippen molar-refractivity contribution < 1.29 is 14.7 Å². The highest BCUT2D eigenvalue weighted by molar-refractivity contribution is 5.76. The average molecular weight is 276 g/mol. The molecule has 1 aliphatic rings. The molecule has 1 fully saturated rings. The lowest BCUT2D eigenvalue weighted by Gasteiger charge is -2.29. The van der Waals surface area contributed by atoms with Crippen molar-refractivity contribution in [2.24, 2.45) is 0 Å². The van der Waals surface area contributed by atoms with Crippen LogP contribution in [0.25, 0.3) is 0 Å². The molecular weight excluding hydrogens is 256 g/mol. The van der Waals surface area contributed by atoms with Gasteiger partial charge < -0.3 is 14.9 Å². The lowest BCUT2D eigenvalue weighted by molar-refractivity contribution is -0.138. The van der Waals surface area contributed by atoms with Crippen molar-refractivity contribution in [3.63, 3.8) is 0 Å². The number of benzene rings is 1. The normalized spacial score (nSPS) is 18.1. The van der Waals surface area contributed by atoms with Crippen molar-refractivity contribution in [1.29, 1.82) is 0 Å². The number of carbonyl (C=O) groups excluding carboxylic acids is 1. The van der Waals surface area contributed by atoms with Gasteiger partial charge in [-0.25, -0.2) is 4.79 Å². The van der Waals surface area contributed by atoms with Crippen LogP contribution in [-0.4, -0.2) is 46.5 Å². The van der Waals surface area contributed by atoms with Crippen molar-refractivity contribution in [1.82, 2.24) is 9.80 Å². The minimum Gasteiger partial charge on any atom is -0.481 e. The molecule has 108 valence electrons. The van der Waals surface area contributed by atoms with Crippen LogP contribution in [0.5, 0.6) is 0 Å². The number of urea groups is 1. The Morgan fingerprint density at radius 3 is 2.70 bits per heavy atom. The maximum absolute atomic E-state index is 12.4. The maximum Gasteiger partial charge on any atom is 0.320 e. The number of carboxylic acid groups (broad SMARTS) is 1. The van der Waals surface area contributed by atoms with E-state index in [1.165, 1.54) is 0 Å². The highest BCUT2D eigenvalue weighted by Crippen LogP contribution is 2.22. The number of carbonyl (C=O) groups is 2. The summed E-state index contributed by atoms with van der Waals surface area (Å²) in [5.74, 6) is -0.847. The van der Waals surface area contributed by atoms with Gasteiger partial charge >= 0.3 is 12.0 Å². The molecule has 1 atom stereocenters. The second kappa shape index (κ2) is 6.41. The summed E-state index contributed by atoms with van der Waals surface area (Å²) in [5.41, 5.74) is 1.07. The van der Waals surface area contributed by atoms with Crippen LogP contribution in [0, 0.1) is 0 Å². The third-order valence-electron chi connectivity index (χ3n) is 3.62. The molecule has 1 aromatic rings. The molecule has 2 amide bonds. The van der Waals surface area contributed by atoms with Crippen molar-refractivity contribution in [3.8, 4) is 0 Å². The van der Waals surface area contributed by atoms with Crippen molar-refractivity contribution in [2.75, 3.05) is 13.6 Å². The first-order valence-corrected chi connectivity index (χ1v) is 6.85. The first-order valence-electron chi connectivity index (χ1n) is 6.85. The van der Waals surface area contributed by atoms with Crippen molar-refractivity contribution >= 4 is 12.0 Å². The Hall–Kier alpha value is -2.04. The number of carboxylic acids is 1. The topological polar surface area (TPSA) is 60.9 Å². The van der Waals surface area contributed by atoms with Crippen LogP contribution in [0.3, 0.4) is 0 Å². The zero-order chi connectivity index (χ0) is 14.5. The van der Waals surface area contributed by atoms with Gasteiger partial charge in [-0.05, 0) is 18.4 Å². The minimum absolute atomic E-state index is 0.0327. The van der Waals surface area contributed by atoms with E-state index in [0.29, 0.717) is 13.1 Å². The summed E-state index contributed by atoms with van der Waals surface area (Å²) in [6.45, 7) is 1.19. The molecule has 0 saturated carbocycles. The van der Waals surface area contributed by atoms with Gasteiger partial charge in [0.1, 0.15) is 0 Å². The molecule has 1 aliphatic heterocycles. The van der Waals surface area contributed by atoms with Crippen LogP contribution < -0.4 is 0 Å². The number of rotatable bonds is 4. The SMILES string of the molecule is CN(Cc1ccccc1)C(=O)N1CCCC1CC(=O)O. The van der Waals surface area contributed by atoms with Gasteiger partial charge in [0.15, 0.2) is 0 Å². The summed E-state index contributed by atoms with van der Waals surface area (Å²) >= 11 is 0. The largest absolute Gasteiger partial charge is 0.481 e. The van der Waals surface area contributed by atoms with Crippen LogP contribution in [0.2, 0.25) is 0 Å². The highest BCUT2D eigenvalue weighted by atomic mass is 16.4. The molecule has 1 saturated heterocycles. The Bertz CT molecular complexity index is 475. The Balaban J connectivity index is 1.97. The zero-order valence-electron chi connectivity index (χ0n) is 11.7. The van der Waals surface area contributed by atoms with Gasteiger partial charge in [0.25, 0.3) is 0 Å². The van der Waals surface area contributed by atoms with Gasteiger partial charge in [0, 0.05) is 26.2 Å². The van der Waals surface area contributed by atoms with Crippen molar-refractivity contribution in [2.45, 2.75) is 31.8 Å². The minimum atomic E-state index is -0.847. The molecule has 1 aromatic carbocycles. The van der Waals surface area contributed by atoms with E-state index < -0.39 is 5.97 Å². The fourth-order valence-electron chi connectivity index (χ4n) is 2.65. The summed E-state index contributed by atoms with van der Waals surface area (Å²) in [6, 6.07) is 9.52. The summed E-state index contributed by atoms with van der Waals surface area (Å²) in [5, 5.41) is 8.90. The predicted octanol–water partition coefficient (Wildman–Crippen LogP) is 2.18. The lowest BCUT2D eigenvalue weighted by Crippen LogP contribution is -2.44. The van der Waals surface area contributed by atoms with E-state index in [2.05, 4.69) is 0 Å². The molecule has 0 radical (unpaired) electrons. The molecule has 5 heteroatoms. The van der Waals surface area contributed by atoms with Gasteiger partial charge in [0.2, 0.25) is 0 Å². The molecule has 1 N–H and O–H groups in total. The van der Waals surface area contributed by atoms with Gasteiger partial charge in [-0.2, -0.15) is 0 Å².